The lowest BCUT2D eigenvalue weighted by Gasteiger charge is -2.24. The van der Waals surface area contributed by atoms with E-state index in [4.69, 9.17) is 5.73 Å². The Kier molecular flexibility index (Phi) is 6.05. The molecule has 2 aromatic rings. The van der Waals surface area contributed by atoms with Gasteiger partial charge in [-0.1, -0.05) is 24.3 Å². The highest BCUT2D eigenvalue weighted by Gasteiger charge is 2.39. The van der Waals surface area contributed by atoms with Crippen LogP contribution in [-0.4, -0.2) is 36.3 Å². The van der Waals surface area contributed by atoms with Crippen LogP contribution in [0.2, 0.25) is 0 Å². The van der Waals surface area contributed by atoms with Crippen molar-refractivity contribution in [3.63, 3.8) is 0 Å². The molecule has 2 amide bonds. The number of halogens is 3. The average molecular weight is 407 g/mol. The van der Waals surface area contributed by atoms with E-state index < -0.39 is 18.2 Å². The number of hydrogen-bond acceptors (Lipinski definition) is 4. The van der Waals surface area contributed by atoms with Crippen LogP contribution in [0.4, 0.5) is 18.0 Å². The predicted octanol–water partition coefficient (Wildman–Crippen LogP) is 3.81. The normalized spacial score (nSPS) is 16.9. The SMILES string of the molecule is NC(=O)OCCNC(=O)c1cnc2c(C3=CC[C@@H](C(F)(F)F)CC3)cccc2c1. The Bertz CT molecular complexity index is 957. The molecule has 6 nitrogen and oxygen atoms in total. The maximum Gasteiger partial charge on any atom is 0.404 e. The molecule has 1 aromatic heterocycles. The van der Waals surface area contributed by atoms with Gasteiger partial charge in [-0.05, 0) is 30.9 Å². The van der Waals surface area contributed by atoms with E-state index in [2.05, 4.69) is 15.0 Å². The van der Waals surface area contributed by atoms with Crippen molar-refractivity contribution in [2.24, 2.45) is 11.7 Å². The number of amides is 2. The van der Waals surface area contributed by atoms with Gasteiger partial charge >= 0.3 is 12.3 Å². The zero-order valence-electron chi connectivity index (χ0n) is 15.5. The minimum atomic E-state index is -4.18. The van der Waals surface area contributed by atoms with Gasteiger partial charge in [-0.2, -0.15) is 13.2 Å². The number of allylic oxidation sites excluding steroid dienone is 2. The van der Waals surface area contributed by atoms with E-state index in [9.17, 15) is 22.8 Å². The molecule has 29 heavy (non-hydrogen) atoms. The Balaban J connectivity index is 1.76. The third-order valence-electron chi connectivity index (χ3n) is 4.82. The molecule has 154 valence electrons. The highest BCUT2D eigenvalue weighted by molar-refractivity contribution is 5.99. The molecule has 0 saturated heterocycles. The zero-order valence-corrected chi connectivity index (χ0v) is 15.5. The summed E-state index contributed by atoms with van der Waals surface area (Å²) in [6.45, 7) is 0.0619. The van der Waals surface area contributed by atoms with Crippen LogP contribution in [0, 0.1) is 5.92 Å². The van der Waals surface area contributed by atoms with E-state index in [1.54, 1.807) is 24.3 Å². The van der Waals surface area contributed by atoms with Crippen LogP contribution in [0.1, 0.15) is 35.2 Å². The van der Waals surface area contributed by atoms with E-state index in [1.807, 2.05) is 6.07 Å². The smallest absolute Gasteiger partial charge is 0.404 e. The number of nitrogens with zero attached hydrogens (tertiary/aromatic N) is 1. The van der Waals surface area contributed by atoms with E-state index >= 15 is 0 Å². The molecule has 1 aliphatic rings. The quantitative estimate of drug-likeness (QED) is 0.737. The number of ether oxygens (including phenoxy) is 1. The monoisotopic (exact) mass is 407 g/mol. The largest absolute Gasteiger partial charge is 0.448 e. The molecule has 0 saturated carbocycles. The molecule has 9 heteroatoms. The summed E-state index contributed by atoms with van der Waals surface area (Å²) in [5.41, 5.74) is 7.42. The lowest BCUT2D eigenvalue weighted by molar-refractivity contribution is -0.175. The number of aromatic nitrogens is 1. The van der Waals surface area contributed by atoms with Crippen molar-refractivity contribution in [2.45, 2.75) is 25.4 Å². The van der Waals surface area contributed by atoms with Crippen molar-refractivity contribution in [3.05, 3.63) is 47.7 Å². The van der Waals surface area contributed by atoms with Crippen LogP contribution in [0.5, 0.6) is 0 Å². The van der Waals surface area contributed by atoms with Crippen LogP contribution < -0.4 is 11.1 Å². The Hall–Kier alpha value is -3.10. The number of nitrogens with one attached hydrogen (secondary N) is 1. The molecule has 0 spiro atoms. The molecule has 3 rings (SSSR count). The maximum absolute atomic E-state index is 12.9. The standard InChI is InChI=1S/C20H20F3N3O3/c21-20(22,23)15-6-4-12(5-7-15)16-3-1-2-13-10-14(11-26-17(13)16)18(27)25-8-9-29-19(24)28/h1-4,10-11,15H,5-9H2,(H2,24,28)(H,25,27)/t15-/m1/s1. The maximum atomic E-state index is 12.9. The second kappa shape index (κ2) is 8.50. The number of primary amides is 1. The average Bonchev–Trinajstić information content (AvgIpc) is 2.69. The van der Waals surface area contributed by atoms with Crippen molar-refractivity contribution in [3.8, 4) is 0 Å². The number of pyridine rings is 1. The molecule has 0 fully saturated rings. The Labute approximate surface area is 164 Å². The number of hydrogen-bond donors (Lipinski definition) is 2. The molecule has 1 atom stereocenters. The second-order valence-corrected chi connectivity index (χ2v) is 6.77. The lowest BCUT2D eigenvalue weighted by atomic mass is 9.85. The number of para-hydroxylation sites is 1. The van der Waals surface area contributed by atoms with E-state index in [0.29, 0.717) is 22.9 Å². The van der Waals surface area contributed by atoms with Crippen LogP contribution in [0.25, 0.3) is 16.5 Å². The van der Waals surface area contributed by atoms with E-state index in [-0.39, 0.29) is 31.9 Å². The van der Waals surface area contributed by atoms with Crippen molar-refractivity contribution in [1.82, 2.24) is 10.3 Å². The van der Waals surface area contributed by atoms with Crippen molar-refractivity contribution >= 4 is 28.5 Å². The molecule has 0 aliphatic heterocycles. The summed E-state index contributed by atoms with van der Waals surface area (Å²) >= 11 is 0. The van der Waals surface area contributed by atoms with E-state index in [0.717, 1.165) is 11.1 Å². The number of nitrogens with two attached hydrogens (primary N) is 1. The minimum Gasteiger partial charge on any atom is -0.448 e. The second-order valence-electron chi connectivity index (χ2n) is 6.77. The number of benzene rings is 1. The fraction of sp³-hybridized carbons (Fsp3) is 0.350. The summed E-state index contributed by atoms with van der Waals surface area (Å²) in [6, 6.07) is 7.08. The third kappa shape index (κ3) is 5.04. The van der Waals surface area contributed by atoms with Crippen LogP contribution >= 0.6 is 0 Å². The number of fused-ring (bicyclic) bond motifs is 1. The van der Waals surface area contributed by atoms with Crippen LogP contribution in [0.15, 0.2) is 36.5 Å². The molecule has 1 heterocycles. The summed E-state index contributed by atoms with van der Waals surface area (Å²) in [5, 5.41) is 3.30. The highest BCUT2D eigenvalue weighted by atomic mass is 19.4. The zero-order chi connectivity index (χ0) is 21.0. The van der Waals surface area contributed by atoms with Gasteiger partial charge in [0, 0.05) is 17.1 Å². The molecule has 0 unspecified atom stereocenters. The predicted molar refractivity (Wildman–Crippen MR) is 101 cm³/mol. The summed E-state index contributed by atoms with van der Waals surface area (Å²) < 4.78 is 43.2. The van der Waals surface area contributed by atoms with Gasteiger partial charge in [-0.3, -0.25) is 9.78 Å². The molecule has 0 radical (unpaired) electrons. The van der Waals surface area contributed by atoms with Gasteiger partial charge in [0.1, 0.15) is 6.61 Å². The molecule has 1 aliphatic carbocycles. The molecule has 3 N–H and O–H groups in total. The summed E-state index contributed by atoms with van der Waals surface area (Å²) in [4.78, 5) is 27.1. The van der Waals surface area contributed by atoms with Gasteiger partial charge < -0.3 is 15.8 Å². The number of alkyl halides is 3. The minimum absolute atomic E-state index is 0.0386. The molecule has 0 bridgehead atoms. The van der Waals surface area contributed by atoms with Gasteiger partial charge in [0.05, 0.1) is 23.5 Å². The highest BCUT2D eigenvalue weighted by Crippen LogP contribution is 2.40. The Morgan fingerprint density at radius 2 is 2.10 bits per heavy atom. The first kappa shape index (κ1) is 20.6. The first-order valence-electron chi connectivity index (χ1n) is 9.11. The topological polar surface area (TPSA) is 94.3 Å². The Morgan fingerprint density at radius 1 is 1.31 bits per heavy atom. The summed E-state index contributed by atoms with van der Waals surface area (Å²) in [7, 11) is 0. The van der Waals surface area contributed by atoms with Gasteiger partial charge in [-0.15, -0.1) is 0 Å². The summed E-state index contributed by atoms with van der Waals surface area (Å²) in [6.07, 6.45) is -1.70. The van der Waals surface area contributed by atoms with Crippen molar-refractivity contribution < 1.29 is 27.5 Å². The fourth-order valence-corrected chi connectivity index (χ4v) is 3.34. The molecular formula is C20H20F3N3O3. The third-order valence-corrected chi connectivity index (χ3v) is 4.82. The molecule has 1 aromatic carbocycles. The summed E-state index contributed by atoms with van der Waals surface area (Å²) in [5.74, 6) is -1.69. The first-order chi connectivity index (χ1) is 13.8. The van der Waals surface area contributed by atoms with Crippen molar-refractivity contribution in [2.75, 3.05) is 13.2 Å². The Morgan fingerprint density at radius 3 is 2.76 bits per heavy atom. The van der Waals surface area contributed by atoms with E-state index in [1.165, 1.54) is 6.20 Å². The lowest BCUT2D eigenvalue weighted by Crippen LogP contribution is -2.29. The van der Waals surface area contributed by atoms with Crippen LogP contribution in [-0.2, 0) is 4.74 Å². The number of rotatable bonds is 5. The van der Waals surface area contributed by atoms with Crippen molar-refractivity contribution in [1.29, 1.82) is 0 Å². The molecular weight excluding hydrogens is 387 g/mol. The van der Waals surface area contributed by atoms with Gasteiger partial charge in [0.2, 0.25) is 0 Å². The number of carbonyl (C=O) groups excluding carboxylic acids is 2. The number of carbonyl (C=O) groups is 2. The van der Waals surface area contributed by atoms with Gasteiger partial charge in [0.15, 0.2) is 0 Å². The van der Waals surface area contributed by atoms with Gasteiger partial charge in [-0.25, -0.2) is 4.79 Å². The first-order valence-corrected chi connectivity index (χ1v) is 9.11. The fourth-order valence-electron chi connectivity index (χ4n) is 3.34. The van der Waals surface area contributed by atoms with Crippen LogP contribution in [0.3, 0.4) is 0 Å². The van der Waals surface area contributed by atoms with Gasteiger partial charge in [0.25, 0.3) is 5.91 Å².